The van der Waals surface area contributed by atoms with Gasteiger partial charge in [0.15, 0.2) is 12.0 Å². The fourth-order valence-corrected chi connectivity index (χ4v) is 1.49. The molecule has 2 rings (SSSR count). The van der Waals surface area contributed by atoms with E-state index in [0.717, 1.165) is 0 Å². The van der Waals surface area contributed by atoms with Crippen LogP contribution in [0.3, 0.4) is 0 Å². The first-order chi connectivity index (χ1) is 8.26. The maximum absolute atomic E-state index is 12.8. The molecule has 0 fully saturated rings. The highest BCUT2D eigenvalue weighted by Gasteiger charge is 2.14. The Kier molecular flexibility index (Phi) is 2.92. The summed E-state index contributed by atoms with van der Waals surface area (Å²) in [4.78, 5) is 10.8. The lowest BCUT2D eigenvalue weighted by Gasteiger charge is -2.02. The first-order valence-corrected chi connectivity index (χ1v) is 4.78. The van der Waals surface area contributed by atoms with E-state index < -0.39 is 0 Å². The number of aldehydes is 1. The molecular weight excluding hydrogens is 223 g/mol. The van der Waals surface area contributed by atoms with Crippen LogP contribution < -0.4 is 0 Å². The third kappa shape index (κ3) is 2.03. The third-order valence-corrected chi connectivity index (χ3v) is 2.21. The van der Waals surface area contributed by atoms with Crippen LogP contribution in [-0.4, -0.2) is 21.3 Å². The number of halogens is 1. The Hall–Kier alpha value is -2.55. The molecule has 0 radical (unpaired) electrons. The molecule has 1 aromatic heterocycles. The van der Waals surface area contributed by atoms with Crippen LogP contribution in [0.5, 0.6) is 0 Å². The molecule has 0 aliphatic carbocycles. The van der Waals surface area contributed by atoms with Crippen molar-refractivity contribution in [1.29, 1.82) is 5.26 Å². The zero-order chi connectivity index (χ0) is 12.3. The minimum Gasteiger partial charge on any atom is -0.296 e. The highest BCUT2D eigenvalue weighted by molar-refractivity contribution is 5.83. The summed E-state index contributed by atoms with van der Waals surface area (Å²) in [6.07, 6.45) is 0.555. The Balaban J connectivity index is 2.56. The van der Waals surface area contributed by atoms with Crippen molar-refractivity contribution in [3.8, 4) is 17.3 Å². The Morgan fingerprint density at radius 1 is 1.41 bits per heavy atom. The summed E-state index contributed by atoms with van der Waals surface area (Å²) in [7, 11) is 0. The summed E-state index contributed by atoms with van der Waals surface area (Å²) in [6.45, 7) is -0.0203. The second-order valence-corrected chi connectivity index (χ2v) is 3.26. The number of carbonyl (C=O) groups is 1. The van der Waals surface area contributed by atoms with Gasteiger partial charge in [0.1, 0.15) is 18.1 Å². The first-order valence-electron chi connectivity index (χ1n) is 4.78. The van der Waals surface area contributed by atoms with Gasteiger partial charge in [-0.1, -0.05) is 5.21 Å². The van der Waals surface area contributed by atoms with Crippen LogP contribution in [0, 0.1) is 17.1 Å². The first kappa shape index (κ1) is 11.0. The number of carbonyl (C=O) groups excluding carboxylic acids is 1. The molecule has 0 atom stereocenters. The Morgan fingerprint density at radius 2 is 2.12 bits per heavy atom. The van der Waals surface area contributed by atoms with Crippen LogP contribution in [0.25, 0.3) is 11.3 Å². The third-order valence-electron chi connectivity index (χ3n) is 2.21. The van der Waals surface area contributed by atoms with E-state index in [1.165, 1.54) is 28.9 Å². The van der Waals surface area contributed by atoms with Gasteiger partial charge in [-0.05, 0) is 24.3 Å². The van der Waals surface area contributed by atoms with Gasteiger partial charge in [-0.25, -0.2) is 9.07 Å². The van der Waals surface area contributed by atoms with Crippen molar-refractivity contribution in [3.05, 3.63) is 35.8 Å². The van der Waals surface area contributed by atoms with Gasteiger partial charge in [0.25, 0.3) is 0 Å². The Morgan fingerprint density at radius 3 is 2.71 bits per heavy atom. The summed E-state index contributed by atoms with van der Waals surface area (Å²) in [6, 6.07) is 7.47. The smallest absolute Gasteiger partial charge is 0.172 e. The van der Waals surface area contributed by atoms with Gasteiger partial charge in [0.05, 0.1) is 6.07 Å². The summed E-state index contributed by atoms with van der Waals surface area (Å²) in [5.41, 5.74) is 1.14. The zero-order valence-electron chi connectivity index (χ0n) is 8.67. The minimum absolute atomic E-state index is 0.0203. The number of benzene rings is 1. The highest BCUT2D eigenvalue weighted by atomic mass is 19.1. The fraction of sp³-hybridized carbons (Fsp3) is 0.0909. The van der Waals surface area contributed by atoms with Crippen LogP contribution in [0.15, 0.2) is 24.3 Å². The van der Waals surface area contributed by atoms with Crippen LogP contribution in [-0.2, 0) is 6.54 Å². The maximum atomic E-state index is 12.8. The molecule has 6 heteroatoms. The lowest BCUT2D eigenvalue weighted by Crippen LogP contribution is -2.01. The van der Waals surface area contributed by atoms with Crippen molar-refractivity contribution >= 4 is 6.29 Å². The van der Waals surface area contributed by atoms with E-state index >= 15 is 0 Å². The summed E-state index contributed by atoms with van der Waals surface area (Å²) in [5, 5.41) is 16.0. The molecule has 0 bridgehead atoms. The number of nitriles is 1. The normalized spacial score (nSPS) is 9.88. The van der Waals surface area contributed by atoms with E-state index in [0.29, 0.717) is 17.5 Å². The average molecular weight is 230 g/mol. The molecule has 0 N–H and O–H groups in total. The van der Waals surface area contributed by atoms with Gasteiger partial charge >= 0.3 is 0 Å². The SMILES string of the molecule is N#CCn1nnc(C=O)c1-c1ccc(F)cc1. The Bertz CT molecular complexity index is 583. The lowest BCUT2D eigenvalue weighted by atomic mass is 10.1. The highest BCUT2D eigenvalue weighted by Crippen LogP contribution is 2.21. The quantitative estimate of drug-likeness (QED) is 0.747. The van der Waals surface area contributed by atoms with Crippen LogP contribution >= 0.6 is 0 Å². The molecule has 0 spiro atoms. The van der Waals surface area contributed by atoms with Crippen LogP contribution in [0.2, 0.25) is 0 Å². The van der Waals surface area contributed by atoms with E-state index in [1.807, 2.05) is 6.07 Å². The van der Waals surface area contributed by atoms with E-state index in [4.69, 9.17) is 5.26 Å². The summed E-state index contributed by atoms with van der Waals surface area (Å²) < 4.78 is 14.1. The van der Waals surface area contributed by atoms with Crippen LogP contribution in [0.1, 0.15) is 10.5 Å². The van der Waals surface area contributed by atoms with Crippen molar-refractivity contribution in [2.75, 3.05) is 0 Å². The summed E-state index contributed by atoms with van der Waals surface area (Å²) in [5.74, 6) is -0.374. The van der Waals surface area contributed by atoms with Crippen molar-refractivity contribution in [2.45, 2.75) is 6.54 Å². The zero-order valence-corrected chi connectivity index (χ0v) is 8.67. The molecule has 84 valence electrons. The van der Waals surface area contributed by atoms with Crippen molar-refractivity contribution in [2.24, 2.45) is 0 Å². The van der Waals surface area contributed by atoms with Crippen molar-refractivity contribution in [1.82, 2.24) is 15.0 Å². The largest absolute Gasteiger partial charge is 0.296 e. The van der Waals surface area contributed by atoms with Gasteiger partial charge in [0.2, 0.25) is 0 Å². The number of rotatable bonds is 3. The number of nitrogens with zero attached hydrogens (tertiary/aromatic N) is 4. The van der Waals surface area contributed by atoms with Crippen molar-refractivity contribution in [3.63, 3.8) is 0 Å². The molecule has 0 amide bonds. The topological polar surface area (TPSA) is 71.6 Å². The molecule has 17 heavy (non-hydrogen) atoms. The van der Waals surface area contributed by atoms with Gasteiger partial charge in [0, 0.05) is 5.56 Å². The predicted molar refractivity (Wildman–Crippen MR) is 56.4 cm³/mol. The molecule has 5 nitrogen and oxygen atoms in total. The van der Waals surface area contributed by atoms with Gasteiger partial charge in [-0.15, -0.1) is 5.10 Å². The molecule has 1 aromatic carbocycles. The molecule has 0 unspecified atom stereocenters. The lowest BCUT2D eigenvalue weighted by molar-refractivity contribution is 0.111. The van der Waals surface area contributed by atoms with Crippen molar-refractivity contribution < 1.29 is 9.18 Å². The van der Waals surface area contributed by atoms with E-state index in [1.54, 1.807) is 0 Å². The predicted octanol–water partition coefficient (Wildman–Crippen LogP) is 1.42. The number of hydrogen-bond acceptors (Lipinski definition) is 4. The minimum atomic E-state index is -0.374. The van der Waals surface area contributed by atoms with E-state index in [-0.39, 0.29) is 18.1 Å². The van der Waals surface area contributed by atoms with Crippen LogP contribution in [0.4, 0.5) is 4.39 Å². The molecular formula is C11H7FN4O. The van der Waals surface area contributed by atoms with E-state index in [2.05, 4.69) is 10.3 Å². The number of aromatic nitrogens is 3. The molecule has 2 aromatic rings. The second-order valence-electron chi connectivity index (χ2n) is 3.26. The Labute approximate surface area is 96.1 Å². The molecule has 0 aliphatic heterocycles. The molecule has 1 heterocycles. The monoisotopic (exact) mass is 230 g/mol. The van der Waals surface area contributed by atoms with Gasteiger partial charge in [-0.2, -0.15) is 5.26 Å². The van der Waals surface area contributed by atoms with Gasteiger partial charge < -0.3 is 0 Å². The molecule has 0 aliphatic rings. The molecule has 0 saturated carbocycles. The second kappa shape index (κ2) is 4.53. The van der Waals surface area contributed by atoms with E-state index in [9.17, 15) is 9.18 Å². The summed E-state index contributed by atoms with van der Waals surface area (Å²) >= 11 is 0. The standard InChI is InChI=1S/C11H7FN4O/c12-9-3-1-8(2-4-9)11-10(7-17)14-15-16(11)6-5-13/h1-4,7H,6H2. The number of hydrogen-bond donors (Lipinski definition) is 0. The average Bonchev–Trinajstić information content (AvgIpc) is 2.74. The van der Waals surface area contributed by atoms with Gasteiger partial charge in [-0.3, -0.25) is 4.79 Å². The maximum Gasteiger partial charge on any atom is 0.172 e. The fourth-order valence-electron chi connectivity index (χ4n) is 1.49. The molecule has 0 saturated heterocycles.